The van der Waals surface area contributed by atoms with Crippen LogP contribution in [0.5, 0.6) is 0 Å². The van der Waals surface area contributed by atoms with Crippen molar-refractivity contribution >= 4 is 0 Å². The maximum atomic E-state index is 13.0. The summed E-state index contributed by atoms with van der Waals surface area (Å²) in [5.41, 5.74) is 5.90. The summed E-state index contributed by atoms with van der Waals surface area (Å²) in [4.78, 5) is 0. The fourth-order valence-corrected chi connectivity index (χ4v) is 2.84. The summed E-state index contributed by atoms with van der Waals surface area (Å²) in [7, 11) is 0. The first-order valence-corrected chi connectivity index (χ1v) is 11.3. The van der Waals surface area contributed by atoms with Gasteiger partial charge in [0.1, 0.15) is 5.82 Å². The Balaban J connectivity index is 0.000000288. The van der Waals surface area contributed by atoms with Gasteiger partial charge >= 0.3 is 0 Å². The van der Waals surface area contributed by atoms with Crippen LogP contribution in [0.15, 0.2) is 91.0 Å². The molecule has 0 aliphatic heterocycles. The zero-order valence-electron chi connectivity index (χ0n) is 20.3. The minimum absolute atomic E-state index is 0.192. The van der Waals surface area contributed by atoms with Gasteiger partial charge in [-0.15, -0.1) is 0 Å². The molecule has 0 saturated heterocycles. The van der Waals surface area contributed by atoms with E-state index in [-0.39, 0.29) is 5.82 Å². The van der Waals surface area contributed by atoms with E-state index in [2.05, 4.69) is 0 Å². The molecule has 0 saturated carbocycles. The van der Waals surface area contributed by atoms with Crippen LogP contribution in [-0.4, -0.2) is 0 Å². The summed E-state index contributed by atoms with van der Waals surface area (Å²) < 4.78 is 38.6. The zero-order chi connectivity index (χ0) is 24.8. The molecule has 0 atom stereocenters. The van der Waals surface area contributed by atoms with Crippen molar-refractivity contribution in [3.05, 3.63) is 120 Å². The largest absolute Gasteiger partial charge is 0.207 e. The molecule has 0 unspecified atom stereocenters. The van der Waals surface area contributed by atoms with Gasteiger partial charge in [-0.2, -0.15) is 0 Å². The molecule has 4 aromatic rings. The molecule has 4 aromatic carbocycles. The van der Waals surface area contributed by atoms with Gasteiger partial charge in [0.25, 0.3) is 0 Å². The third-order valence-corrected chi connectivity index (χ3v) is 4.51. The number of halogens is 3. The molecular formula is C30H33F3. The number of hydrogen-bond acceptors (Lipinski definition) is 0. The van der Waals surface area contributed by atoms with E-state index in [4.69, 9.17) is 0 Å². The van der Waals surface area contributed by atoms with Crippen molar-refractivity contribution in [1.29, 1.82) is 0 Å². The van der Waals surface area contributed by atoms with E-state index in [1.165, 1.54) is 17.7 Å². The lowest BCUT2D eigenvalue weighted by molar-refractivity contribution is 0.509. The highest BCUT2D eigenvalue weighted by Crippen LogP contribution is 2.22. The first kappa shape index (κ1) is 27.7. The topological polar surface area (TPSA) is 0 Å². The number of hydrogen-bond donors (Lipinski definition) is 0. The summed E-state index contributed by atoms with van der Waals surface area (Å²) >= 11 is 0. The molecule has 0 aliphatic carbocycles. The fourth-order valence-electron chi connectivity index (χ4n) is 2.84. The second-order valence-corrected chi connectivity index (χ2v) is 6.87. The lowest BCUT2D eigenvalue weighted by Crippen LogP contribution is -1.85. The van der Waals surface area contributed by atoms with E-state index in [0.29, 0.717) is 5.56 Å². The van der Waals surface area contributed by atoms with E-state index in [1.807, 2.05) is 96.1 Å². The summed E-state index contributed by atoms with van der Waals surface area (Å²) in [6, 6.07) is 26.3. The van der Waals surface area contributed by atoms with Crippen molar-refractivity contribution in [3.8, 4) is 22.3 Å². The second-order valence-electron chi connectivity index (χ2n) is 6.87. The smallest absolute Gasteiger partial charge is 0.159 e. The Bertz CT molecular complexity index is 1080. The zero-order valence-corrected chi connectivity index (χ0v) is 20.3. The monoisotopic (exact) mass is 450 g/mol. The molecule has 0 spiro atoms. The predicted molar refractivity (Wildman–Crippen MR) is 136 cm³/mol. The van der Waals surface area contributed by atoms with Crippen molar-refractivity contribution in [2.75, 3.05) is 0 Å². The van der Waals surface area contributed by atoms with Crippen LogP contribution in [0.1, 0.15) is 38.8 Å². The van der Waals surface area contributed by atoms with Crippen LogP contribution in [0.4, 0.5) is 13.2 Å². The van der Waals surface area contributed by atoms with Gasteiger partial charge in [-0.3, -0.25) is 0 Å². The van der Waals surface area contributed by atoms with Gasteiger partial charge in [-0.25, -0.2) is 13.2 Å². The predicted octanol–water partition coefficient (Wildman–Crippen LogP) is 9.79. The highest BCUT2D eigenvalue weighted by molar-refractivity contribution is 5.64. The molecule has 4 rings (SSSR count). The maximum Gasteiger partial charge on any atom is 0.159 e. The summed E-state index contributed by atoms with van der Waals surface area (Å²) in [5, 5.41) is 0. The highest BCUT2D eigenvalue weighted by atomic mass is 19.2. The van der Waals surface area contributed by atoms with E-state index in [0.717, 1.165) is 28.3 Å². The van der Waals surface area contributed by atoms with Crippen LogP contribution in [-0.2, 0) is 0 Å². The first-order valence-electron chi connectivity index (χ1n) is 11.3. The Morgan fingerprint density at radius 3 is 1.27 bits per heavy atom. The lowest BCUT2D eigenvalue weighted by Gasteiger charge is -2.02. The van der Waals surface area contributed by atoms with E-state index in [1.54, 1.807) is 18.2 Å². The van der Waals surface area contributed by atoms with Crippen molar-refractivity contribution in [1.82, 2.24) is 0 Å². The second kappa shape index (κ2) is 14.7. The van der Waals surface area contributed by atoms with Crippen LogP contribution in [0.25, 0.3) is 22.3 Å². The Hall–Kier alpha value is -3.33. The van der Waals surface area contributed by atoms with Crippen LogP contribution < -0.4 is 0 Å². The average molecular weight is 451 g/mol. The molecule has 0 heterocycles. The lowest BCUT2D eigenvalue weighted by atomic mass is 10.0. The van der Waals surface area contributed by atoms with Crippen molar-refractivity contribution in [2.24, 2.45) is 0 Å². The molecule has 174 valence electrons. The van der Waals surface area contributed by atoms with Gasteiger partial charge in [0.05, 0.1) is 0 Å². The van der Waals surface area contributed by atoms with Gasteiger partial charge in [-0.1, -0.05) is 106 Å². The highest BCUT2D eigenvalue weighted by Gasteiger charge is 2.03. The number of benzene rings is 4. The summed E-state index contributed by atoms with van der Waals surface area (Å²) in [6.45, 7) is 12.0. The molecule has 0 N–H and O–H groups in total. The number of aryl methyl sites for hydroxylation is 2. The molecular weight excluding hydrogens is 417 g/mol. The van der Waals surface area contributed by atoms with E-state index >= 15 is 0 Å². The molecule has 0 bridgehead atoms. The van der Waals surface area contributed by atoms with Gasteiger partial charge in [0.15, 0.2) is 11.6 Å². The Morgan fingerprint density at radius 2 is 0.848 bits per heavy atom. The van der Waals surface area contributed by atoms with Gasteiger partial charge in [-0.05, 0) is 60.4 Å². The van der Waals surface area contributed by atoms with E-state index < -0.39 is 11.6 Å². The molecule has 0 radical (unpaired) electrons. The van der Waals surface area contributed by atoms with Gasteiger partial charge < -0.3 is 0 Å². The van der Waals surface area contributed by atoms with Crippen molar-refractivity contribution in [3.63, 3.8) is 0 Å². The Kier molecular flexibility index (Phi) is 12.3. The molecule has 33 heavy (non-hydrogen) atoms. The van der Waals surface area contributed by atoms with Crippen molar-refractivity contribution < 1.29 is 13.2 Å². The van der Waals surface area contributed by atoms with Gasteiger partial charge in [0, 0.05) is 0 Å². The van der Waals surface area contributed by atoms with Crippen LogP contribution in [0.2, 0.25) is 0 Å². The molecule has 0 aromatic heterocycles. The Morgan fingerprint density at radius 1 is 0.424 bits per heavy atom. The van der Waals surface area contributed by atoms with Gasteiger partial charge in [0.2, 0.25) is 0 Å². The normalized spacial score (nSPS) is 9.36. The molecule has 0 fully saturated rings. The quantitative estimate of drug-likeness (QED) is 0.285. The third kappa shape index (κ3) is 8.97. The molecule has 0 nitrogen and oxygen atoms in total. The molecule has 0 aliphatic rings. The van der Waals surface area contributed by atoms with Crippen molar-refractivity contribution in [2.45, 2.75) is 41.5 Å². The third-order valence-electron chi connectivity index (χ3n) is 4.51. The minimum Gasteiger partial charge on any atom is -0.207 e. The van der Waals surface area contributed by atoms with Crippen LogP contribution >= 0.6 is 0 Å². The average Bonchev–Trinajstić information content (AvgIpc) is 2.85. The Labute approximate surface area is 196 Å². The fraction of sp³-hybridized carbons (Fsp3) is 0.200. The maximum absolute atomic E-state index is 13.0. The van der Waals surface area contributed by atoms with Crippen LogP contribution in [0, 0.1) is 31.3 Å². The first-order chi connectivity index (χ1) is 15.9. The van der Waals surface area contributed by atoms with Crippen LogP contribution in [0.3, 0.4) is 0 Å². The van der Waals surface area contributed by atoms with E-state index in [9.17, 15) is 13.2 Å². The molecule has 0 amide bonds. The molecule has 3 heteroatoms. The SMILES string of the molecule is CC.CC.Cc1ccc(-c2ccc(F)c(F)c2)cc1.Cc1ccc(-c2cccc(F)c2)cc1. The summed E-state index contributed by atoms with van der Waals surface area (Å²) in [5.74, 6) is -1.82. The number of rotatable bonds is 2. The standard InChI is InChI=1S/C13H10F2.C13H11F.2C2H6/c1-9-2-4-10(5-3-9)11-6-7-12(14)13(15)8-11;1-10-5-7-11(8-6-10)12-3-2-4-13(14)9-12;2*1-2/h2-8H,1H3;2-9H,1H3;2*1-2H3. The minimum atomic E-state index is -0.814. The summed E-state index contributed by atoms with van der Waals surface area (Å²) in [6.07, 6.45) is 0.